The predicted molar refractivity (Wildman–Crippen MR) is 98.7 cm³/mol. The summed E-state index contributed by atoms with van der Waals surface area (Å²) in [5.74, 6) is 0.896. The number of hydrogen-bond acceptors (Lipinski definition) is 2. The van der Waals surface area contributed by atoms with Crippen molar-refractivity contribution in [3.63, 3.8) is 0 Å². The second kappa shape index (κ2) is 6.98. The first-order valence-electron chi connectivity index (χ1n) is 8.84. The van der Waals surface area contributed by atoms with Crippen molar-refractivity contribution in [2.75, 3.05) is 7.11 Å². The van der Waals surface area contributed by atoms with Crippen molar-refractivity contribution < 1.29 is 9.47 Å². The first-order valence-corrected chi connectivity index (χ1v) is 8.84. The third-order valence-electron chi connectivity index (χ3n) is 4.88. The van der Waals surface area contributed by atoms with Gasteiger partial charge in [-0.25, -0.2) is 0 Å². The second-order valence-corrected chi connectivity index (χ2v) is 7.75. The molecule has 0 bridgehead atoms. The smallest absolute Gasteiger partial charge is 0.118 e. The van der Waals surface area contributed by atoms with E-state index < -0.39 is 0 Å². The topological polar surface area (TPSA) is 18.5 Å². The normalized spacial score (nSPS) is 21.0. The van der Waals surface area contributed by atoms with Gasteiger partial charge in [-0.1, -0.05) is 57.2 Å². The Morgan fingerprint density at radius 2 is 1.62 bits per heavy atom. The molecule has 0 radical (unpaired) electrons. The van der Waals surface area contributed by atoms with Crippen molar-refractivity contribution in [2.45, 2.75) is 57.7 Å². The van der Waals surface area contributed by atoms with Crippen LogP contribution in [0.5, 0.6) is 5.75 Å². The summed E-state index contributed by atoms with van der Waals surface area (Å²) in [6, 6.07) is 17.3. The Bertz CT molecular complexity index is 650. The van der Waals surface area contributed by atoms with Crippen LogP contribution in [0.4, 0.5) is 0 Å². The SMILES string of the molecule is COc1ccc([C@H]2CC[C@H](Cc3ccc(C(C)(C)C)cc3)O2)cc1. The highest BCUT2D eigenvalue weighted by molar-refractivity contribution is 5.30. The summed E-state index contributed by atoms with van der Waals surface area (Å²) >= 11 is 0. The minimum atomic E-state index is 0.210. The molecule has 0 aromatic heterocycles. The molecule has 2 heteroatoms. The van der Waals surface area contributed by atoms with E-state index in [0.717, 1.165) is 25.0 Å². The van der Waals surface area contributed by atoms with Gasteiger partial charge in [0.2, 0.25) is 0 Å². The third kappa shape index (κ3) is 3.99. The Morgan fingerprint density at radius 1 is 0.958 bits per heavy atom. The van der Waals surface area contributed by atoms with E-state index in [0.29, 0.717) is 6.10 Å². The van der Waals surface area contributed by atoms with Crippen molar-refractivity contribution >= 4 is 0 Å². The molecule has 0 saturated carbocycles. The van der Waals surface area contributed by atoms with E-state index in [-0.39, 0.29) is 11.5 Å². The summed E-state index contributed by atoms with van der Waals surface area (Å²) in [6.45, 7) is 6.75. The highest BCUT2D eigenvalue weighted by Gasteiger charge is 2.26. The molecule has 128 valence electrons. The Balaban J connectivity index is 1.59. The van der Waals surface area contributed by atoms with Gasteiger partial charge in [-0.15, -0.1) is 0 Å². The van der Waals surface area contributed by atoms with Crippen LogP contribution in [-0.4, -0.2) is 13.2 Å². The quantitative estimate of drug-likeness (QED) is 0.744. The molecule has 1 aliphatic heterocycles. The molecule has 1 heterocycles. The van der Waals surface area contributed by atoms with Gasteiger partial charge in [-0.2, -0.15) is 0 Å². The fourth-order valence-electron chi connectivity index (χ4n) is 3.32. The lowest BCUT2D eigenvalue weighted by Gasteiger charge is -2.20. The van der Waals surface area contributed by atoms with E-state index >= 15 is 0 Å². The Labute approximate surface area is 145 Å². The number of methoxy groups -OCH3 is 1. The molecule has 2 aromatic rings. The highest BCUT2D eigenvalue weighted by atomic mass is 16.5. The molecule has 1 aliphatic rings. The molecule has 2 atom stereocenters. The zero-order valence-electron chi connectivity index (χ0n) is 15.2. The summed E-state index contributed by atoms with van der Waals surface area (Å²) in [4.78, 5) is 0. The van der Waals surface area contributed by atoms with Gasteiger partial charge in [0.05, 0.1) is 19.3 Å². The summed E-state index contributed by atoms with van der Waals surface area (Å²) in [6.07, 6.45) is 3.75. The molecule has 1 fully saturated rings. The zero-order valence-corrected chi connectivity index (χ0v) is 15.2. The fraction of sp³-hybridized carbons (Fsp3) is 0.455. The molecule has 3 rings (SSSR count). The molecular weight excluding hydrogens is 296 g/mol. The van der Waals surface area contributed by atoms with Crippen LogP contribution < -0.4 is 4.74 Å². The van der Waals surface area contributed by atoms with Gasteiger partial charge >= 0.3 is 0 Å². The molecule has 2 aromatic carbocycles. The molecule has 1 saturated heterocycles. The number of benzene rings is 2. The van der Waals surface area contributed by atoms with E-state index in [1.807, 2.05) is 12.1 Å². The molecule has 0 aliphatic carbocycles. The number of ether oxygens (including phenoxy) is 2. The molecule has 0 N–H and O–H groups in total. The fourth-order valence-corrected chi connectivity index (χ4v) is 3.32. The van der Waals surface area contributed by atoms with Crippen molar-refractivity contribution in [1.29, 1.82) is 0 Å². The van der Waals surface area contributed by atoms with Crippen molar-refractivity contribution in [3.8, 4) is 5.75 Å². The molecule has 0 spiro atoms. The summed E-state index contributed by atoms with van der Waals surface area (Å²) in [5, 5.41) is 0. The average Bonchev–Trinajstić information content (AvgIpc) is 3.03. The lowest BCUT2D eigenvalue weighted by Crippen LogP contribution is -2.12. The van der Waals surface area contributed by atoms with Gasteiger partial charge < -0.3 is 9.47 Å². The van der Waals surface area contributed by atoms with Gasteiger partial charge in [-0.3, -0.25) is 0 Å². The maximum absolute atomic E-state index is 6.28. The summed E-state index contributed by atoms with van der Waals surface area (Å²) < 4.78 is 11.5. The largest absolute Gasteiger partial charge is 0.497 e. The zero-order chi connectivity index (χ0) is 17.2. The van der Waals surface area contributed by atoms with Crippen LogP contribution in [0.3, 0.4) is 0 Å². The van der Waals surface area contributed by atoms with Crippen LogP contribution in [0.25, 0.3) is 0 Å². The van der Waals surface area contributed by atoms with E-state index in [1.54, 1.807) is 7.11 Å². The van der Waals surface area contributed by atoms with Gasteiger partial charge in [0, 0.05) is 0 Å². The number of rotatable bonds is 4. The Kier molecular flexibility index (Phi) is 4.96. The minimum Gasteiger partial charge on any atom is -0.497 e. The minimum absolute atomic E-state index is 0.210. The Morgan fingerprint density at radius 3 is 2.21 bits per heavy atom. The van der Waals surface area contributed by atoms with E-state index in [1.165, 1.54) is 16.7 Å². The van der Waals surface area contributed by atoms with Crippen LogP contribution in [0.2, 0.25) is 0 Å². The van der Waals surface area contributed by atoms with Crippen LogP contribution in [0.15, 0.2) is 48.5 Å². The van der Waals surface area contributed by atoms with Crippen LogP contribution in [-0.2, 0) is 16.6 Å². The first-order chi connectivity index (χ1) is 11.5. The van der Waals surface area contributed by atoms with Gasteiger partial charge in [0.25, 0.3) is 0 Å². The standard InChI is InChI=1S/C22H28O2/c1-22(2,3)18-9-5-16(6-10-18)15-20-13-14-21(24-20)17-7-11-19(23-4)12-8-17/h5-12,20-21H,13-15H2,1-4H3/t20-,21-/m1/s1. The molecule has 2 nitrogen and oxygen atoms in total. The molecular formula is C22H28O2. The second-order valence-electron chi connectivity index (χ2n) is 7.75. The van der Waals surface area contributed by atoms with Crippen LogP contribution in [0, 0.1) is 0 Å². The maximum Gasteiger partial charge on any atom is 0.118 e. The van der Waals surface area contributed by atoms with Gasteiger partial charge in [0.15, 0.2) is 0 Å². The molecule has 0 unspecified atom stereocenters. The van der Waals surface area contributed by atoms with Crippen LogP contribution >= 0.6 is 0 Å². The maximum atomic E-state index is 6.28. The van der Waals surface area contributed by atoms with Crippen molar-refractivity contribution in [3.05, 3.63) is 65.2 Å². The lowest BCUT2D eigenvalue weighted by molar-refractivity contribution is 0.0451. The van der Waals surface area contributed by atoms with Crippen molar-refractivity contribution in [2.24, 2.45) is 0 Å². The van der Waals surface area contributed by atoms with Crippen LogP contribution in [0.1, 0.15) is 56.4 Å². The van der Waals surface area contributed by atoms with E-state index in [4.69, 9.17) is 9.47 Å². The Hall–Kier alpha value is -1.80. The van der Waals surface area contributed by atoms with Gasteiger partial charge in [-0.05, 0) is 53.5 Å². The predicted octanol–water partition coefficient (Wildman–Crippen LogP) is 5.46. The van der Waals surface area contributed by atoms with E-state index in [9.17, 15) is 0 Å². The van der Waals surface area contributed by atoms with Crippen molar-refractivity contribution in [1.82, 2.24) is 0 Å². The highest BCUT2D eigenvalue weighted by Crippen LogP contribution is 2.35. The molecule has 0 amide bonds. The molecule has 24 heavy (non-hydrogen) atoms. The third-order valence-corrected chi connectivity index (χ3v) is 4.88. The average molecular weight is 324 g/mol. The monoisotopic (exact) mass is 324 g/mol. The first kappa shape index (κ1) is 17.0. The lowest BCUT2D eigenvalue weighted by atomic mass is 9.86. The number of hydrogen-bond donors (Lipinski definition) is 0. The van der Waals surface area contributed by atoms with Gasteiger partial charge in [0.1, 0.15) is 5.75 Å². The van der Waals surface area contributed by atoms with E-state index in [2.05, 4.69) is 57.2 Å². The summed E-state index contributed by atoms with van der Waals surface area (Å²) in [7, 11) is 1.70. The summed E-state index contributed by atoms with van der Waals surface area (Å²) in [5.41, 5.74) is 4.21.